The number of rotatable bonds is 4. The smallest absolute Gasteiger partial charge is 0.189 e. The highest BCUT2D eigenvalue weighted by Crippen LogP contribution is 2.47. The molecule has 3 aromatic carbocycles. The van der Waals surface area contributed by atoms with E-state index in [9.17, 15) is 9.50 Å². The second kappa shape index (κ2) is 6.69. The van der Waals surface area contributed by atoms with Crippen LogP contribution < -0.4 is 9.47 Å². The topological polar surface area (TPSA) is 38.7 Å². The van der Waals surface area contributed by atoms with E-state index in [1.807, 2.05) is 18.2 Å². The summed E-state index contributed by atoms with van der Waals surface area (Å²) in [5, 5.41) is 11.2. The summed E-state index contributed by atoms with van der Waals surface area (Å²) in [5.74, 6) is 1.28. The minimum absolute atomic E-state index is 0.178. The third kappa shape index (κ3) is 3.09. The van der Waals surface area contributed by atoms with Gasteiger partial charge in [0.1, 0.15) is 23.1 Å². The van der Waals surface area contributed by atoms with Gasteiger partial charge in [0, 0.05) is 15.6 Å². The Bertz CT molecular complexity index is 1050. The fourth-order valence-electron chi connectivity index (χ4n) is 2.76. The second-order valence-corrected chi connectivity index (χ2v) is 6.74. The predicted molar refractivity (Wildman–Crippen MR) is 102 cm³/mol. The molecule has 0 saturated carbocycles. The molecule has 0 radical (unpaired) electrons. The molecule has 0 amide bonds. The van der Waals surface area contributed by atoms with Crippen LogP contribution in [0.25, 0.3) is 21.2 Å². The highest BCUT2D eigenvalue weighted by atomic mass is 32.1. The van der Waals surface area contributed by atoms with Crippen molar-refractivity contribution in [3.05, 3.63) is 72.5 Å². The molecule has 0 aliphatic heterocycles. The van der Waals surface area contributed by atoms with Crippen molar-refractivity contribution in [3.63, 3.8) is 0 Å². The first-order valence-electron chi connectivity index (χ1n) is 7.97. The van der Waals surface area contributed by atoms with Crippen LogP contribution in [0.2, 0.25) is 0 Å². The number of phenolic OH excluding ortho intramolecular Hbond substituents is 1. The molecule has 0 spiro atoms. The Morgan fingerprint density at radius 3 is 2.27 bits per heavy atom. The highest BCUT2D eigenvalue weighted by Gasteiger charge is 2.17. The summed E-state index contributed by atoms with van der Waals surface area (Å²) in [6.07, 6.45) is 0. The number of fused-ring (bicyclic) bond motifs is 1. The molecule has 0 saturated heterocycles. The van der Waals surface area contributed by atoms with Gasteiger partial charge in [0.15, 0.2) is 5.06 Å². The van der Waals surface area contributed by atoms with Crippen LogP contribution in [0.1, 0.15) is 0 Å². The zero-order chi connectivity index (χ0) is 18.1. The Balaban J connectivity index is 1.87. The van der Waals surface area contributed by atoms with Crippen LogP contribution in [0.15, 0.2) is 66.7 Å². The Hall–Kier alpha value is -3.05. The van der Waals surface area contributed by atoms with E-state index in [1.54, 1.807) is 43.5 Å². The molecular formula is C21H15FO3S. The summed E-state index contributed by atoms with van der Waals surface area (Å²) in [6.45, 7) is 0. The number of hydrogen-bond donors (Lipinski definition) is 1. The normalized spacial score (nSPS) is 10.8. The second-order valence-electron chi connectivity index (χ2n) is 5.73. The van der Waals surface area contributed by atoms with Crippen LogP contribution in [0.4, 0.5) is 4.39 Å². The molecule has 5 heteroatoms. The maximum absolute atomic E-state index is 13.4. The molecule has 1 aromatic heterocycles. The van der Waals surface area contributed by atoms with Gasteiger partial charge in [-0.3, -0.25) is 0 Å². The van der Waals surface area contributed by atoms with Crippen LogP contribution in [0, 0.1) is 5.82 Å². The van der Waals surface area contributed by atoms with Gasteiger partial charge in [-0.2, -0.15) is 0 Å². The minimum Gasteiger partial charge on any atom is -0.508 e. The SMILES string of the molecule is COc1ccc2c(-c3ccc(F)cc3)c(Oc3ccc(O)cc3)sc2c1. The molecule has 0 fully saturated rings. The van der Waals surface area contributed by atoms with E-state index >= 15 is 0 Å². The van der Waals surface area contributed by atoms with Crippen LogP contribution in [-0.4, -0.2) is 12.2 Å². The number of ether oxygens (including phenoxy) is 2. The third-order valence-electron chi connectivity index (χ3n) is 4.05. The number of benzene rings is 3. The fourth-order valence-corrected chi connectivity index (χ4v) is 3.89. The van der Waals surface area contributed by atoms with Crippen molar-refractivity contribution in [1.29, 1.82) is 0 Å². The van der Waals surface area contributed by atoms with Gasteiger partial charge in [-0.05, 0) is 60.2 Å². The number of thiophene rings is 1. The molecule has 0 aliphatic rings. The van der Waals surface area contributed by atoms with Gasteiger partial charge in [0.25, 0.3) is 0 Å². The van der Waals surface area contributed by atoms with Crippen LogP contribution in [-0.2, 0) is 0 Å². The number of phenols is 1. The van der Waals surface area contributed by atoms with E-state index in [-0.39, 0.29) is 11.6 Å². The Kier molecular flexibility index (Phi) is 4.22. The van der Waals surface area contributed by atoms with Gasteiger partial charge in [-0.25, -0.2) is 4.39 Å². The van der Waals surface area contributed by atoms with Crippen LogP contribution >= 0.6 is 11.3 Å². The molecule has 0 bridgehead atoms. The Morgan fingerprint density at radius 2 is 1.58 bits per heavy atom. The van der Waals surface area contributed by atoms with E-state index < -0.39 is 0 Å². The molecule has 0 aliphatic carbocycles. The first-order valence-corrected chi connectivity index (χ1v) is 8.79. The highest BCUT2D eigenvalue weighted by molar-refractivity contribution is 7.21. The van der Waals surface area contributed by atoms with Crippen molar-refractivity contribution >= 4 is 21.4 Å². The largest absolute Gasteiger partial charge is 0.508 e. The molecule has 26 heavy (non-hydrogen) atoms. The molecule has 4 rings (SSSR count). The lowest BCUT2D eigenvalue weighted by Gasteiger charge is -2.08. The number of hydrogen-bond acceptors (Lipinski definition) is 4. The van der Waals surface area contributed by atoms with E-state index in [1.165, 1.54) is 23.5 Å². The minimum atomic E-state index is -0.282. The average molecular weight is 366 g/mol. The first kappa shape index (κ1) is 16.4. The zero-order valence-electron chi connectivity index (χ0n) is 13.9. The van der Waals surface area contributed by atoms with Crippen molar-refractivity contribution in [2.75, 3.05) is 7.11 Å². The maximum Gasteiger partial charge on any atom is 0.189 e. The van der Waals surface area contributed by atoms with E-state index in [2.05, 4.69) is 0 Å². The quantitative estimate of drug-likeness (QED) is 0.466. The predicted octanol–water partition coefficient (Wildman–Crippen LogP) is 6.21. The molecule has 0 unspecified atom stereocenters. The van der Waals surface area contributed by atoms with E-state index in [0.717, 1.165) is 27.0 Å². The lowest BCUT2D eigenvalue weighted by Crippen LogP contribution is -1.85. The lowest BCUT2D eigenvalue weighted by atomic mass is 10.0. The van der Waals surface area contributed by atoms with Crippen LogP contribution in [0.3, 0.4) is 0 Å². The van der Waals surface area contributed by atoms with Crippen LogP contribution in [0.5, 0.6) is 22.3 Å². The maximum atomic E-state index is 13.4. The van der Waals surface area contributed by atoms with Crippen molar-refractivity contribution in [1.82, 2.24) is 0 Å². The summed E-state index contributed by atoms with van der Waals surface area (Å²) >= 11 is 1.49. The third-order valence-corrected chi connectivity index (χ3v) is 5.08. The van der Waals surface area contributed by atoms with Crippen molar-refractivity contribution in [2.24, 2.45) is 0 Å². The van der Waals surface area contributed by atoms with Crippen molar-refractivity contribution < 1.29 is 19.0 Å². The Morgan fingerprint density at radius 1 is 0.885 bits per heavy atom. The molecule has 3 nitrogen and oxygen atoms in total. The molecule has 0 atom stereocenters. The van der Waals surface area contributed by atoms with Gasteiger partial charge < -0.3 is 14.6 Å². The van der Waals surface area contributed by atoms with Crippen molar-refractivity contribution in [3.8, 4) is 33.4 Å². The summed E-state index contributed by atoms with van der Waals surface area (Å²) < 4.78 is 25.8. The first-order chi connectivity index (χ1) is 12.6. The average Bonchev–Trinajstić information content (AvgIpc) is 3.01. The number of aromatic hydroxyl groups is 1. The Labute approximate surface area is 153 Å². The molecule has 130 valence electrons. The van der Waals surface area contributed by atoms with Gasteiger partial charge in [0.2, 0.25) is 0 Å². The summed E-state index contributed by atoms with van der Waals surface area (Å²) in [7, 11) is 1.63. The molecular weight excluding hydrogens is 351 g/mol. The zero-order valence-corrected chi connectivity index (χ0v) is 14.7. The van der Waals surface area contributed by atoms with Gasteiger partial charge in [-0.15, -0.1) is 0 Å². The molecule has 4 aromatic rings. The van der Waals surface area contributed by atoms with E-state index in [0.29, 0.717) is 10.8 Å². The van der Waals surface area contributed by atoms with Crippen molar-refractivity contribution in [2.45, 2.75) is 0 Å². The number of halogens is 1. The summed E-state index contributed by atoms with van der Waals surface area (Å²) in [4.78, 5) is 0. The summed E-state index contributed by atoms with van der Waals surface area (Å²) in [5.41, 5.74) is 1.78. The van der Waals surface area contributed by atoms with Gasteiger partial charge in [0.05, 0.1) is 7.11 Å². The van der Waals surface area contributed by atoms with E-state index in [4.69, 9.17) is 9.47 Å². The molecule has 1 N–H and O–H groups in total. The molecule has 1 heterocycles. The van der Waals surface area contributed by atoms with Gasteiger partial charge in [-0.1, -0.05) is 23.5 Å². The fraction of sp³-hybridized carbons (Fsp3) is 0.0476. The standard InChI is InChI=1S/C21H15FO3S/c1-24-17-10-11-18-19(12-17)26-21(25-16-8-6-15(23)7-9-16)20(18)13-2-4-14(22)5-3-13/h2-12,23H,1H3. The lowest BCUT2D eigenvalue weighted by molar-refractivity contribution is 0.415. The monoisotopic (exact) mass is 366 g/mol. The number of methoxy groups -OCH3 is 1. The van der Waals surface area contributed by atoms with Gasteiger partial charge >= 0.3 is 0 Å². The summed E-state index contributed by atoms with van der Waals surface area (Å²) in [6, 6.07) is 18.7.